The van der Waals surface area contributed by atoms with Gasteiger partial charge in [-0.2, -0.15) is 4.31 Å². The molecule has 0 spiro atoms. The number of carbonyl (C=O) groups excluding carboxylic acids is 1. The number of hydrogen-bond acceptors (Lipinski definition) is 4. The van der Waals surface area contributed by atoms with Gasteiger partial charge in [-0.15, -0.1) is 0 Å². The third-order valence-corrected chi connectivity index (χ3v) is 8.00. The first-order chi connectivity index (χ1) is 12.8. The van der Waals surface area contributed by atoms with E-state index in [-0.39, 0.29) is 16.6 Å². The molecule has 4 rings (SSSR count). The van der Waals surface area contributed by atoms with E-state index in [1.54, 1.807) is 4.90 Å². The summed E-state index contributed by atoms with van der Waals surface area (Å²) in [6.45, 7) is 8.10. The standard InChI is InChI=1S/C20H26N2O4S/c1-13-12-16-15(3)17(20(23)21-8-4-5-9-21)26-18(16)19(14(13)2)27(24,25)22-10-6-7-11-22/h12H,4-11H2,1-3H3. The summed E-state index contributed by atoms with van der Waals surface area (Å²) >= 11 is 0. The molecule has 7 heteroatoms. The molecule has 27 heavy (non-hydrogen) atoms. The summed E-state index contributed by atoms with van der Waals surface area (Å²) in [7, 11) is -3.65. The first-order valence-electron chi connectivity index (χ1n) is 9.65. The largest absolute Gasteiger partial charge is 0.449 e. The van der Waals surface area contributed by atoms with Crippen LogP contribution in [0.5, 0.6) is 0 Å². The Morgan fingerprint density at radius 1 is 0.963 bits per heavy atom. The smallest absolute Gasteiger partial charge is 0.289 e. The first-order valence-corrected chi connectivity index (χ1v) is 11.1. The number of aryl methyl sites for hydroxylation is 2. The van der Waals surface area contributed by atoms with Crippen molar-refractivity contribution >= 4 is 26.9 Å². The highest BCUT2D eigenvalue weighted by Gasteiger charge is 2.34. The Morgan fingerprint density at radius 3 is 2.19 bits per heavy atom. The maximum absolute atomic E-state index is 13.3. The van der Waals surface area contributed by atoms with Gasteiger partial charge in [0.2, 0.25) is 10.0 Å². The number of sulfonamides is 1. The fourth-order valence-electron chi connectivity index (χ4n) is 4.18. The maximum atomic E-state index is 13.3. The topological polar surface area (TPSA) is 70.8 Å². The summed E-state index contributed by atoms with van der Waals surface area (Å²) in [6.07, 6.45) is 3.75. The summed E-state index contributed by atoms with van der Waals surface area (Å²) in [6, 6.07) is 1.94. The summed E-state index contributed by atoms with van der Waals surface area (Å²) < 4.78 is 34.2. The minimum absolute atomic E-state index is 0.138. The number of carbonyl (C=O) groups is 1. The number of benzene rings is 1. The van der Waals surface area contributed by atoms with E-state index in [0.29, 0.717) is 24.2 Å². The molecule has 3 heterocycles. The molecular weight excluding hydrogens is 364 g/mol. The normalized spacial score (nSPS) is 18.7. The van der Waals surface area contributed by atoms with E-state index in [1.165, 1.54) is 4.31 Å². The second kappa shape index (κ2) is 6.63. The van der Waals surface area contributed by atoms with Gasteiger partial charge in [0.15, 0.2) is 11.3 Å². The molecule has 2 aromatic rings. The lowest BCUT2D eigenvalue weighted by atomic mass is 10.0. The average molecular weight is 391 g/mol. The number of furan rings is 1. The highest BCUT2D eigenvalue weighted by molar-refractivity contribution is 7.89. The van der Waals surface area contributed by atoms with E-state index in [1.807, 2.05) is 26.8 Å². The molecule has 0 N–H and O–H groups in total. The molecule has 2 aliphatic heterocycles. The molecule has 6 nitrogen and oxygen atoms in total. The van der Waals surface area contributed by atoms with Crippen LogP contribution in [0.4, 0.5) is 0 Å². The number of fused-ring (bicyclic) bond motifs is 1. The molecular formula is C20H26N2O4S. The van der Waals surface area contributed by atoms with E-state index in [4.69, 9.17) is 4.42 Å². The summed E-state index contributed by atoms with van der Waals surface area (Å²) in [5, 5.41) is 0.721. The van der Waals surface area contributed by atoms with Crippen LogP contribution in [0, 0.1) is 20.8 Å². The van der Waals surface area contributed by atoms with Crippen LogP contribution >= 0.6 is 0 Å². The third-order valence-electron chi connectivity index (χ3n) is 5.94. The number of likely N-dealkylation sites (tertiary alicyclic amines) is 1. The third kappa shape index (κ3) is 2.88. The molecule has 1 aromatic heterocycles. The Kier molecular flexibility index (Phi) is 4.55. The van der Waals surface area contributed by atoms with E-state index >= 15 is 0 Å². The average Bonchev–Trinajstić information content (AvgIpc) is 3.37. The van der Waals surface area contributed by atoms with Gasteiger partial charge in [-0.05, 0) is 63.6 Å². The molecule has 0 aliphatic carbocycles. The predicted octanol–water partition coefficient (Wildman–Crippen LogP) is 3.38. The second-order valence-electron chi connectivity index (χ2n) is 7.69. The lowest BCUT2D eigenvalue weighted by molar-refractivity contribution is 0.0762. The molecule has 0 radical (unpaired) electrons. The zero-order valence-corrected chi connectivity index (χ0v) is 17.0. The van der Waals surface area contributed by atoms with Crippen LogP contribution in [0.25, 0.3) is 11.0 Å². The molecule has 2 saturated heterocycles. The van der Waals surface area contributed by atoms with Gasteiger partial charge < -0.3 is 9.32 Å². The van der Waals surface area contributed by atoms with Gasteiger partial charge in [0.25, 0.3) is 5.91 Å². The predicted molar refractivity (Wildman–Crippen MR) is 104 cm³/mol. The van der Waals surface area contributed by atoms with Crippen LogP contribution in [0.2, 0.25) is 0 Å². The molecule has 2 fully saturated rings. The summed E-state index contributed by atoms with van der Waals surface area (Å²) in [4.78, 5) is 14.9. The fraction of sp³-hybridized carbons (Fsp3) is 0.550. The highest BCUT2D eigenvalue weighted by atomic mass is 32.2. The quantitative estimate of drug-likeness (QED) is 0.806. The van der Waals surface area contributed by atoms with Crippen LogP contribution in [0.1, 0.15) is 52.9 Å². The Balaban J connectivity index is 1.92. The van der Waals surface area contributed by atoms with Gasteiger partial charge in [-0.1, -0.05) is 0 Å². The molecule has 0 unspecified atom stereocenters. The van der Waals surface area contributed by atoms with Gasteiger partial charge in [0, 0.05) is 37.1 Å². The van der Waals surface area contributed by atoms with Crippen LogP contribution in [-0.4, -0.2) is 49.7 Å². The van der Waals surface area contributed by atoms with Crippen molar-refractivity contribution in [1.82, 2.24) is 9.21 Å². The van der Waals surface area contributed by atoms with Crippen molar-refractivity contribution in [2.24, 2.45) is 0 Å². The lowest BCUT2D eigenvalue weighted by Crippen LogP contribution is -2.28. The maximum Gasteiger partial charge on any atom is 0.289 e. The van der Waals surface area contributed by atoms with E-state index in [9.17, 15) is 13.2 Å². The molecule has 146 valence electrons. The highest BCUT2D eigenvalue weighted by Crippen LogP contribution is 2.37. The Labute approximate surface area is 160 Å². The zero-order chi connectivity index (χ0) is 19.3. The molecule has 0 saturated carbocycles. The van der Waals surface area contributed by atoms with Crippen molar-refractivity contribution in [3.63, 3.8) is 0 Å². The van der Waals surface area contributed by atoms with E-state index in [0.717, 1.165) is 55.3 Å². The monoisotopic (exact) mass is 390 g/mol. The molecule has 1 amide bonds. The first kappa shape index (κ1) is 18.5. The van der Waals surface area contributed by atoms with Gasteiger partial charge in [0.1, 0.15) is 4.90 Å². The van der Waals surface area contributed by atoms with Gasteiger partial charge in [-0.3, -0.25) is 4.79 Å². The van der Waals surface area contributed by atoms with Gasteiger partial charge in [0.05, 0.1) is 0 Å². The number of amides is 1. The zero-order valence-electron chi connectivity index (χ0n) is 16.2. The summed E-state index contributed by atoms with van der Waals surface area (Å²) in [5.74, 6) is 0.135. The SMILES string of the molecule is Cc1cc2c(C)c(C(=O)N3CCCC3)oc2c(S(=O)(=O)N2CCCC2)c1C. The minimum atomic E-state index is -3.65. The van der Waals surface area contributed by atoms with Gasteiger partial charge >= 0.3 is 0 Å². The van der Waals surface area contributed by atoms with Crippen molar-refractivity contribution in [1.29, 1.82) is 0 Å². The molecule has 0 atom stereocenters. The van der Waals surface area contributed by atoms with Crippen molar-refractivity contribution < 1.29 is 17.6 Å². The molecule has 1 aromatic carbocycles. The fourth-order valence-corrected chi connectivity index (χ4v) is 6.11. The lowest BCUT2D eigenvalue weighted by Gasteiger charge is -2.18. The van der Waals surface area contributed by atoms with E-state index < -0.39 is 10.0 Å². The van der Waals surface area contributed by atoms with Crippen molar-refractivity contribution in [3.05, 3.63) is 28.5 Å². The van der Waals surface area contributed by atoms with Crippen molar-refractivity contribution in [2.45, 2.75) is 51.3 Å². The Bertz CT molecular complexity index is 1010. The second-order valence-corrected chi connectivity index (χ2v) is 9.57. The molecule has 2 aliphatic rings. The Morgan fingerprint density at radius 2 is 1.56 bits per heavy atom. The summed E-state index contributed by atoms with van der Waals surface area (Å²) in [5.41, 5.74) is 2.64. The van der Waals surface area contributed by atoms with Gasteiger partial charge in [-0.25, -0.2) is 8.42 Å². The number of hydrogen-bond donors (Lipinski definition) is 0. The minimum Gasteiger partial charge on any atom is -0.449 e. The molecule has 0 bridgehead atoms. The van der Waals surface area contributed by atoms with Crippen LogP contribution in [0.3, 0.4) is 0 Å². The Hall–Kier alpha value is -1.86. The van der Waals surface area contributed by atoms with Crippen LogP contribution in [-0.2, 0) is 10.0 Å². The van der Waals surface area contributed by atoms with Crippen molar-refractivity contribution in [3.8, 4) is 0 Å². The van der Waals surface area contributed by atoms with Crippen molar-refractivity contribution in [2.75, 3.05) is 26.2 Å². The van der Waals surface area contributed by atoms with Crippen LogP contribution < -0.4 is 0 Å². The number of nitrogens with zero attached hydrogens (tertiary/aromatic N) is 2. The number of rotatable bonds is 3. The van der Waals surface area contributed by atoms with E-state index in [2.05, 4.69) is 0 Å². The van der Waals surface area contributed by atoms with Crippen LogP contribution in [0.15, 0.2) is 15.4 Å².